The first-order chi connectivity index (χ1) is 8.63. The summed E-state index contributed by atoms with van der Waals surface area (Å²) in [6, 6.07) is 5.14. The molecule has 18 heavy (non-hydrogen) atoms. The molecule has 0 aliphatic rings. The maximum Gasteiger partial charge on any atom is 0.327 e. The van der Waals surface area contributed by atoms with Crippen molar-refractivity contribution in [2.24, 2.45) is 0 Å². The molecule has 1 unspecified atom stereocenters. The lowest BCUT2D eigenvalue weighted by Gasteiger charge is -2.15. The topological polar surface area (TPSA) is 77.2 Å². The van der Waals surface area contributed by atoms with E-state index in [1.165, 1.54) is 7.11 Å². The number of nitrogens with one attached hydrogen (secondary N) is 1. The Morgan fingerprint density at radius 2 is 2.22 bits per heavy atom. The Balaban J connectivity index is 2.35. The Hall–Kier alpha value is -2.30. The van der Waals surface area contributed by atoms with Gasteiger partial charge in [0.2, 0.25) is 0 Å². The molecular weight excluding hydrogens is 230 g/mol. The molecule has 94 valence electrons. The van der Waals surface area contributed by atoms with E-state index < -0.39 is 6.04 Å². The van der Waals surface area contributed by atoms with E-state index in [4.69, 9.17) is 5.73 Å². The number of carbonyl (C=O) groups excluding carboxylic acids is 1. The zero-order valence-electron chi connectivity index (χ0n) is 10.3. The van der Waals surface area contributed by atoms with Gasteiger partial charge in [0.1, 0.15) is 6.04 Å². The van der Waals surface area contributed by atoms with Gasteiger partial charge < -0.3 is 15.8 Å². The van der Waals surface area contributed by atoms with Gasteiger partial charge in [-0.3, -0.25) is 4.98 Å². The number of aromatic nitrogens is 1. The van der Waals surface area contributed by atoms with Crippen LogP contribution in [0.15, 0.2) is 30.6 Å². The minimum atomic E-state index is -0.448. The van der Waals surface area contributed by atoms with Crippen molar-refractivity contribution in [2.45, 2.75) is 13.0 Å². The summed E-state index contributed by atoms with van der Waals surface area (Å²) in [6.45, 7) is 1.72. The van der Waals surface area contributed by atoms with E-state index in [9.17, 15) is 4.79 Å². The number of rotatable bonds is 3. The van der Waals surface area contributed by atoms with Crippen LogP contribution in [0.4, 0.5) is 11.4 Å². The predicted molar refractivity (Wildman–Crippen MR) is 71.3 cm³/mol. The Labute approximate surface area is 105 Å². The lowest BCUT2D eigenvalue weighted by atomic mass is 10.1. The van der Waals surface area contributed by atoms with Crippen LogP contribution < -0.4 is 11.1 Å². The molecule has 2 aromatic rings. The zero-order valence-corrected chi connectivity index (χ0v) is 10.3. The van der Waals surface area contributed by atoms with E-state index in [0.717, 1.165) is 10.8 Å². The Morgan fingerprint density at radius 1 is 1.44 bits per heavy atom. The van der Waals surface area contributed by atoms with E-state index in [1.54, 1.807) is 19.3 Å². The van der Waals surface area contributed by atoms with Crippen LogP contribution in [0.1, 0.15) is 6.92 Å². The minimum Gasteiger partial charge on any atom is -0.467 e. The van der Waals surface area contributed by atoms with Crippen molar-refractivity contribution in [3.8, 4) is 0 Å². The number of carbonyl (C=O) groups is 1. The second-order valence-electron chi connectivity index (χ2n) is 4.01. The van der Waals surface area contributed by atoms with Gasteiger partial charge >= 0.3 is 5.97 Å². The standard InChI is InChI=1S/C13H15N3O2/c1-8(13(17)18-2)16-11-4-3-9-7-15-6-5-10(9)12(11)14/h3-8,16H,14H2,1-2H3. The summed E-state index contributed by atoms with van der Waals surface area (Å²) in [4.78, 5) is 15.4. The number of anilines is 2. The highest BCUT2D eigenvalue weighted by Gasteiger charge is 2.14. The third kappa shape index (κ3) is 2.20. The molecular formula is C13H15N3O2. The van der Waals surface area contributed by atoms with Crippen LogP contribution in [-0.2, 0) is 9.53 Å². The molecule has 0 saturated carbocycles. The van der Waals surface area contributed by atoms with Gasteiger partial charge in [0.15, 0.2) is 0 Å². The number of methoxy groups -OCH3 is 1. The number of nitrogens with zero attached hydrogens (tertiary/aromatic N) is 1. The molecule has 0 aliphatic carbocycles. The molecule has 1 aromatic carbocycles. The molecule has 0 amide bonds. The average Bonchev–Trinajstić information content (AvgIpc) is 2.41. The zero-order chi connectivity index (χ0) is 13.1. The highest BCUT2D eigenvalue weighted by Crippen LogP contribution is 2.28. The maximum atomic E-state index is 11.4. The van der Waals surface area contributed by atoms with Crippen LogP contribution in [0.5, 0.6) is 0 Å². The minimum absolute atomic E-state index is 0.329. The quantitative estimate of drug-likeness (QED) is 0.636. The van der Waals surface area contributed by atoms with Crippen LogP contribution in [0.2, 0.25) is 0 Å². The van der Waals surface area contributed by atoms with Crippen molar-refractivity contribution in [2.75, 3.05) is 18.2 Å². The van der Waals surface area contributed by atoms with Crippen molar-refractivity contribution >= 4 is 28.1 Å². The monoisotopic (exact) mass is 245 g/mol. The molecule has 1 heterocycles. The molecule has 5 heteroatoms. The van der Waals surface area contributed by atoms with Gasteiger partial charge in [0, 0.05) is 23.2 Å². The molecule has 0 spiro atoms. The fourth-order valence-corrected chi connectivity index (χ4v) is 1.79. The van der Waals surface area contributed by atoms with Gasteiger partial charge in [-0.25, -0.2) is 4.79 Å². The number of hydrogen-bond acceptors (Lipinski definition) is 5. The number of pyridine rings is 1. The maximum absolute atomic E-state index is 11.4. The lowest BCUT2D eigenvalue weighted by Crippen LogP contribution is -2.27. The van der Waals surface area contributed by atoms with Crippen LogP contribution in [0.3, 0.4) is 0 Å². The van der Waals surface area contributed by atoms with E-state index in [-0.39, 0.29) is 5.97 Å². The summed E-state index contributed by atoms with van der Waals surface area (Å²) in [6.07, 6.45) is 3.44. The van der Waals surface area contributed by atoms with Crippen LogP contribution >= 0.6 is 0 Å². The van der Waals surface area contributed by atoms with Gasteiger partial charge in [-0.2, -0.15) is 0 Å². The highest BCUT2D eigenvalue weighted by molar-refractivity contribution is 5.99. The fraction of sp³-hybridized carbons (Fsp3) is 0.231. The van der Waals surface area contributed by atoms with Gasteiger partial charge in [0.05, 0.1) is 18.5 Å². The van der Waals surface area contributed by atoms with Crippen molar-refractivity contribution in [3.05, 3.63) is 30.6 Å². The van der Waals surface area contributed by atoms with E-state index in [1.807, 2.05) is 18.2 Å². The number of hydrogen-bond donors (Lipinski definition) is 2. The third-order valence-corrected chi connectivity index (χ3v) is 2.79. The summed E-state index contributed by atoms with van der Waals surface area (Å²) in [7, 11) is 1.36. The molecule has 0 aliphatic heterocycles. The third-order valence-electron chi connectivity index (χ3n) is 2.79. The Bertz CT molecular complexity index is 583. The smallest absolute Gasteiger partial charge is 0.327 e. The number of fused-ring (bicyclic) bond motifs is 1. The predicted octanol–water partition coefficient (Wildman–Crippen LogP) is 1.79. The molecule has 2 rings (SSSR count). The molecule has 0 radical (unpaired) electrons. The lowest BCUT2D eigenvalue weighted by molar-refractivity contribution is -0.141. The summed E-state index contributed by atoms with van der Waals surface area (Å²) in [5.41, 5.74) is 7.38. The van der Waals surface area contributed by atoms with Crippen LogP contribution in [0, 0.1) is 0 Å². The first-order valence-corrected chi connectivity index (χ1v) is 5.60. The van der Waals surface area contributed by atoms with Gasteiger partial charge in [0.25, 0.3) is 0 Å². The SMILES string of the molecule is COC(=O)C(C)Nc1ccc2cnccc2c1N. The summed E-state index contributed by atoms with van der Waals surface area (Å²) in [5.74, 6) is -0.329. The number of nitrogen functional groups attached to an aromatic ring is 1. The van der Waals surface area contributed by atoms with Crippen molar-refractivity contribution < 1.29 is 9.53 Å². The Kier molecular flexibility index (Phi) is 3.32. The second kappa shape index (κ2) is 4.91. The van der Waals surface area contributed by atoms with Crippen molar-refractivity contribution in [1.82, 2.24) is 4.98 Å². The number of benzene rings is 1. The molecule has 0 bridgehead atoms. The van der Waals surface area contributed by atoms with Crippen molar-refractivity contribution in [3.63, 3.8) is 0 Å². The first kappa shape index (κ1) is 12.2. The molecule has 1 atom stereocenters. The average molecular weight is 245 g/mol. The number of nitrogens with two attached hydrogens (primary N) is 1. The highest BCUT2D eigenvalue weighted by atomic mass is 16.5. The molecule has 3 N–H and O–H groups in total. The van der Waals surface area contributed by atoms with Crippen LogP contribution in [-0.4, -0.2) is 24.1 Å². The largest absolute Gasteiger partial charge is 0.467 e. The van der Waals surface area contributed by atoms with E-state index in [2.05, 4.69) is 15.0 Å². The molecule has 0 saturated heterocycles. The molecule has 1 aromatic heterocycles. The van der Waals surface area contributed by atoms with E-state index >= 15 is 0 Å². The molecule has 5 nitrogen and oxygen atoms in total. The molecule has 0 fully saturated rings. The fourth-order valence-electron chi connectivity index (χ4n) is 1.79. The van der Waals surface area contributed by atoms with E-state index in [0.29, 0.717) is 11.4 Å². The summed E-state index contributed by atoms with van der Waals surface area (Å²) < 4.78 is 4.66. The van der Waals surface area contributed by atoms with Crippen LogP contribution in [0.25, 0.3) is 10.8 Å². The van der Waals surface area contributed by atoms with Gasteiger partial charge in [-0.15, -0.1) is 0 Å². The first-order valence-electron chi connectivity index (χ1n) is 5.60. The number of ether oxygens (including phenoxy) is 1. The van der Waals surface area contributed by atoms with Gasteiger partial charge in [-0.1, -0.05) is 6.07 Å². The normalized spacial score (nSPS) is 12.1. The second-order valence-corrected chi connectivity index (χ2v) is 4.01. The summed E-state index contributed by atoms with van der Waals surface area (Å²) >= 11 is 0. The van der Waals surface area contributed by atoms with Crippen molar-refractivity contribution in [1.29, 1.82) is 0 Å². The van der Waals surface area contributed by atoms with Gasteiger partial charge in [-0.05, 0) is 19.1 Å². The number of esters is 1. The Morgan fingerprint density at radius 3 is 2.94 bits per heavy atom. The summed E-state index contributed by atoms with van der Waals surface area (Å²) in [5, 5.41) is 4.91.